The zero-order chi connectivity index (χ0) is 26.8. The Labute approximate surface area is 229 Å². The Morgan fingerprint density at radius 2 is 1.68 bits per heavy atom. The van der Waals surface area contributed by atoms with Gasteiger partial charge in [-0.15, -0.1) is 0 Å². The molecule has 1 heterocycles. The van der Waals surface area contributed by atoms with Crippen LogP contribution < -0.4 is 11.1 Å². The number of fused-ring (bicyclic) bond motifs is 1. The fraction of sp³-hybridized carbons (Fsp3) is 0.129. The van der Waals surface area contributed by atoms with Crippen LogP contribution >= 0.6 is 15.9 Å². The summed E-state index contributed by atoms with van der Waals surface area (Å²) in [5, 5.41) is 8.77. The summed E-state index contributed by atoms with van der Waals surface area (Å²) in [4.78, 5) is 24.8. The molecule has 1 aromatic heterocycles. The van der Waals surface area contributed by atoms with E-state index in [4.69, 9.17) is 10.8 Å². The molecule has 4 aromatic carbocycles. The number of aryl methyl sites for hydroxylation is 1. The van der Waals surface area contributed by atoms with Crippen LogP contribution in [0.25, 0.3) is 22.0 Å². The number of amides is 2. The zero-order valence-electron chi connectivity index (χ0n) is 21.1. The van der Waals surface area contributed by atoms with Crippen molar-refractivity contribution in [3.05, 3.63) is 123 Å². The Morgan fingerprint density at radius 3 is 2.39 bits per heavy atom. The number of hydrogen-bond donors (Lipinski definition) is 2. The summed E-state index contributed by atoms with van der Waals surface area (Å²) in [5.41, 5.74) is 12.3. The van der Waals surface area contributed by atoms with Crippen LogP contribution in [0.15, 0.2) is 95.5 Å². The van der Waals surface area contributed by atoms with E-state index in [1.807, 2.05) is 97.4 Å². The van der Waals surface area contributed by atoms with Gasteiger partial charge >= 0.3 is 0 Å². The molecule has 0 saturated carbocycles. The first-order valence-corrected chi connectivity index (χ1v) is 13.1. The molecule has 0 aliphatic carbocycles. The van der Waals surface area contributed by atoms with Crippen molar-refractivity contribution in [3.8, 4) is 11.1 Å². The van der Waals surface area contributed by atoms with Crippen molar-refractivity contribution in [3.63, 3.8) is 0 Å². The van der Waals surface area contributed by atoms with Gasteiger partial charge in [0.1, 0.15) is 0 Å². The monoisotopic (exact) mass is 566 g/mol. The van der Waals surface area contributed by atoms with Crippen LogP contribution in [0.5, 0.6) is 0 Å². The predicted molar refractivity (Wildman–Crippen MR) is 154 cm³/mol. The molecule has 6 nitrogen and oxygen atoms in total. The van der Waals surface area contributed by atoms with Crippen LogP contribution in [0, 0.1) is 6.92 Å². The smallest absolute Gasteiger partial charge is 0.251 e. The normalized spacial score (nSPS) is 11.9. The third-order valence-electron chi connectivity index (χ3n) is 6.70. The maximum Gasteiger partial charge on any atom is 0.251 e. The lowest BCUT2D eigenvalue weighted by atomic mass is 9.98. The van der Waals surface area contributed by atoms with Gasteiger partial charge in [0.15, 0.2) is 0 Å². The molecule has 0 bridgehead atoms. The SMILES string of the molecule is Cc1nn(Cc2ccc(-c3ccccc3C(N)=O)cc2)c2ccc(C(=O)NC(C)c3ccc(Br)cc3)cc12. The summed E-state index contributed by atoms with van der Waals surface area (Å²) in [6.07, 6.45) is 0. The first-order chi connectivity index (χ1) is 18.3. The Morgan fingerprint density at radius 1 is 0.974 bits per heavy atom. The number of rotatable bonds is 7. The molecule has 0 fully saturated rings. The molecule has 5 aromatic rings. The fourth-order valence-corrected chi connectivity index (χ4v) is 4.89. The summed E-state index contributed by atoms with van der Waals surface area (Å²) in [6.45, 7) is 4.50. The highest BCUT2D eigenvalue weighted by atomic mass is 79.9. The molecule has 0 spiro atoms. The minimum Gasteiger partial charge on any atom is -0.366 e. The van der Waals surface area contributed by atoms with Gasteiger partial charge in [-0.2, -0.15) is 5.10 Å². The van der Waals surface area contributed by atoms with Gasteiger partial charge in [0.05, 0.1) is 23.8 Å². The van der Waals surface area contributed by atoms with Crippen molar-refractivity contribution in [1.29, 1.82) is 0 Å². The van der Waals surface area contributed by atoms with Crippen LogP contribution in [0.3, 0.4) is 0 Å². The predicted octanol–water partition coefficient (Wildman–Crippen LogP) is 6.41. The maximum atomic E-state index is 13.0. The number of hydrogen-bond acceptors (Lipinski definition) is 3. The molecule has 1 unspecified atom stereocenters. The van der Waals surface area contributed by atoms with E-state index in [0.717, 1.165) is 43.3 Å². The number of halogens is 1. The van der Waals surface area contributed by atoms with Crippen LogP contribution in [-0.4, -0.2) is 21.6 Å². The second kappa shape index (κ2) is 10.6. The average molecular weight is 567 g/mol. The van der Waals surface area contributed by atoms with Gasteiger partial charge in [-0.1, -0.05) is 70.5 Å². The van der Waals surface area contributed by atoms with Crippen LogP contribution in [0.4, 0.5) is 0 Å². The highest BCUT2D eigenvalue weighted by Crippen LogP contribution is 2.26. The zero-order valence-corrected chi connectivity index (χ0v) is 22.7. The lowest BCUT2D eigenvalue weighted by molar-refractivity contribution is 0.0939. The van der Waals surface area contributed by atoms with Gasteiger partial charge in [-0.25, -0.2) is 0 Å². The quantitative estimate of drug-likeness (QED) is 0.238. The van der Waals surface area contributed by atoms with Crippen LogP contribution in [0.2, 0.25) is 0 Å². The second-order valence-electron chi connectivity index (χ2n) is 9.33. The Balaban J connectivity index is 1.34. The number of aromatic nitrogens is 2. The topological polar surface area (TPSA) is 90.0 Å². The van der Waals surface area contributed by atoms with Crippen molar-refractivity contribution < 1.29 is 9.59 Å². The minimum absolute atomic E-state index is 0.118. The van der Waals surface area contributed by atoms with E-state index in [2.05, 4.69) is 21.2 Å². The molecule has 7 heteroatoms. The number of primary amides is 1. The van der Waals surface area contributed by atoms with Gasteiger partial charge in [0.25, 0.3) is 5.91 Å². The minimum atomic E-state index is -0.445. The summed E-state index contributed by atoms with van der Waals surface area (Å²) in [5.74, 6) is -0.569. The molecule has 3 N–H and O–H groups in total. The third-order valence-corrected chi connectivity index (χ3v) is 7.23. The molecule has 2 amide bonds. The molecule has 1 atom stereocenters. The standard InChI is InChI=1S/C31H27BrN4O2/c1-19(22-11-14-25(32)15-12-22)34-31(38)24-13-16-29-28(17-24)20(2)35-36(29)18-21-7-9-23(10-8-21)26-5-3-4-6-27(26)30(33)37/h3-17,19H,18H2,1-2H3,(H2,33,37)(H,34,38). The van der Waals surface area contributed by atoms with Gasteiger partial charge in [-0.05, 0) is 72.5 Å². The molecule has 190 valence electrons. The number of nitrogens with two attached hydrogens (primary N) is 1. The van der Waals surface area contributed by atoms with E-state index in [-0.39, 0.29) is 11.9 Å². The van der Waals surface area contributed by atoms with Crippen molar-refractivity contribution in [2.75, 3.05) is 0 Å². The van der Waals surface area contributed by atoms with Crippen molar-refractivity contribution in [2.24, 2.45) is 5.73 Å². The first-order valence-electron chi connectivity index (χ1n) is 12.3. The number of nitrogens with one attached hydrogen (secondary N) is 1. The number of carbonyl (C=O) groups is 2. The number of carbonyl (C=O) groups excluding carboxylic acids is 2. The van der Waals surface area contributed by atoms with E-state index < -0.39 is 5.91 Å². The number of benzene rings is 4. The fourth-order valence-electron chi connectivity index (χ4n) is 4.63. The molecule has 0 aliphatic heterocycles. The Hall–Kier alpha value is -4.23. The molecule has 5 rings (SSSR count). The van der Waals surface area contributed by atoms with Crippen molar-refractivity contribution in [2.45, 2.75) is 26.4 Å². The highest BCUT2D eigenvalue weighted by Gasteiger charge is 2.15. The molecule has 38 heavy (non-hydrogen) atoms. The van der Waals surface area contributed by atoms with E-state index in [9.17, 15) is 9.59 Å². The van der Waals surface area contributed by atoms with Crippen molar-refractivity contribution >= 4 is 38.6 Å². The molecule has 0 radical (unpaired) electrons. The Kier molecular flexibility index (Phi) is 7.11. The second-order valence-corrected chi connectivity index (χ2v) is 10.2. The maximum absolute atomic E-state index is 13.0. The van der Waals surface area contributed by atoms with E-state index in [0.29, 0.717) is 17.7 Å². The summed E-state index contributed by atoms with van der Waals surface area (Å²) >= 11 is 3.44. The van der Waals surface area contributed by atoms with Gasteiger partial charge in [-0.3, -0.25) is 14.3 Å². The Bertz CT molecular complexity index is 1640. The lowest BCUT2D eigenvalue weighted by Gasteiger charge is -2.14. The summed E-state index contributed by atoms with van der Waals surface area (Å²) in [7, 11) is 0. The average Bonchev–Trinajstić information content (AvgIpc) is 3.23. The van der Waals surface area contributed by atoms with Gasteiger partial charge in [0, 0.05) is 21.0 Å². The number of nitrogens with zero attached hydrogens (tertiary/aromatic N) is 2. The summed E-state index contributed by atoms with van der Waals surface area (Å²) in [6, 6.07) is 28.9. The van der Waals surface area contributed by atoms with E-state index in [1.165, 1.54) is 0 Å². The van der Waals surface area contributed by atoms with E-state index >= 15 is 0 Å². The van der Waals surface area contributed by atoms with E-state index in [1.54, 1.807) is 12.1 Å². The van der Waals surface area contributed by atoms with Gasteiger partial charge in [0.2, 0.25) is 5.91 Å². The van der Waals surface area contributed by atoms with Gasteiger partial charge < -0.3 is 11.1 Å². The molecule has 0 saturated heterocycles. The lowest BCUT2D eigenvalue weighted by Crippen LogP contribution is -2.26. The molecular formula is C31H27BrN4O2. The third kappa shape index (κ3) is 5.24. The van der Waals surface area contributed by atoms with Crippen LogP contribution in [0.1, 0.15) is 50.5 Å². The van der Waals surface area contributed by atoms with Crippen molar-refractivity contribution in [1.82, 2.24) is 15.1 Å². The summed E-state index contributed by atoms with van der Waals surface area (Å²) < 4.78 is 2.95. The first kappa shape index (κ1) is 25.4. The molecular weight excluding hydrogens is 540 g/mol. The highest BCUT2D eigenvalue weighted by molar-refractivity contribution is 9.10. The largest absolute Gasteiger partial charge is 0.366 e. The molecule has 0 aliphatic rings. The van der Waals surface area contributed by atoms with Crippen LogP contribution in [-0.2, 0) is 6.54 Å².